The molecule has 0 bridgehead atoms. The van der Waals surface area contributed by atoms with Crippen LogP contribution in [-0.2, 0) is 6.54 Å². The first-order valence-electron chi connectivity index (χ1n) is 7.00. The molecule has 0 saturated carbocycles. The minimum atomic E-state index is 0.650. The minimum absolute atomic E-state index is 0.650. The number of aryl methyl sites for hydroxylation is 1. The monoisotopic (exact) mass is 252 g/mol. The Bertz CT molecular complexity index is 519. The van der Waals surface area contributed by atoms with Gasteiger partial charge in [-0.3, -0.25) is 9.88 Å². The van der Waals surface area contributed by atoms with E-state index in [1.54, 1.807) is 0 Å². The summed E-state index contributed by atoms with van der Waals surface area (Å²) in [5.41, 5.74) is 3.90. The molecule has 2 heterocycles. The average Bonchev–Trinajstić information content (AvgIpc) is 2.89. The number of benzene rings is 1. The Balaban J connectivity index is 1.62. The standard InChI is InChI=1S/C17H20N2/c1-14-7-8-16(11-18-14)17-9-10-19(13-17)12-15-5-3-2-4-6-15/h2-8,11,17H,9-10,12-13H2,1H3/t17-/m0/s1. The molecule has 0 radical (unpaired) electrons. The molecule has 1 aromatic carbocycles. The van der Waals surface area contributed by atoms with Crippen LogP contribution in [0.25, 0.3) is 0 Å². The smallest absolute Gasteiger partial charge is 0.0372 e. The molecule has 2 heteroatoms. The van der Waals surface area contributed by atoms with E-state index in [4.69, 9.17) is 0 Å². The van der Waals surface area contributed by atoms with E-state index in [1.165, 1.54) is 24.1 Å². The molecule has 98 valence electrons. The topological polar surface area (TPSA) is 16.1 Å². The van der Waals surface area contributed by atoms with Gasteiger partial charge in [0.2, 0.25) is 0 Å². The van der Waals surface area contributed by atoms with Crippen LogP contribution in [0.2, 0.25) is 0 Å². The highest BCUT2D eigenvalue weighted by atomic mass is 15.1. The van der Waals surface area contributed by atoms with Crippen molar-refractivity contribution in [3.8, 4) is 0 Å². The van der Waals surface area contributed by atoms with Gasteiger partial charge in [0.25, 0.3) is 0 Å². The van der Waals surface area contributed by atoms with Crippen LogP contribution >= 0.6 is 0 Å². The van der Waals surface area contributed by atoms with Crippen LogP contribution in [0.5, 0.6) is 0 Å². The number of hydrogen-bond donors (Lipinski definition) is 0. The summed E-state index contributed by atoms with van der Waals surface area (Å²) in [4.78, 5) is 6.96. The van der Waals surface area contributed by atoms with Crippen molar-refractivity contribution in [1.29, 1.82) is 0 Å². The fraction of sp³-hybridized carbons (Fsp3) is 0.353. The summed E-state index contributed by atoms with van der Waals surface area (Å²) >= 11 is 0. The Morgan fingerprint density at radius 1 is 1.16 bits per heavy atom. The van der Waals surface area contributed by atoms with Gasteiger partial charge >= 0.3 is 0 Å². The zero-order chi connectivity index (χ0) is 13.1. The maximum absolute atomic E-state index is 4.41. The van der Waals surface area contributed by atoms with Gasteiger partial charge in [0, 0.05) is 25.0 Å². The van der Waals surface area contributed by atoms with Crippen molar-refractivity contribution in [2.75, 3.05) is 13.1 Å². The number of aromatic nitrogens is 1. The van der Waals surface area contributed by atoms with E-state index in [0.717, 1.165) is 18.8 Å². The number of rotatable bonds is 3. The Labute approximate surface area is 115 Å². The summed E-state index contributed by atoms with van der Waals surface area (Å²) in [5.74, 6) is 0.650. The summed E-state index contributed by atoms with van der Waals surface area (Å²) in [5, 5.41) is 0. The van der Waals surface area contributed by atoms with E-state index < -0.39 is 0 Å². The Hall–Kier alpha value is -1.67. The second-order valence-corrected chi connectivity index (χ2v) is 5.44. The van der Waals surface area contributed by atoms with Crippen LogP contribution in [0.3, 0.4) is 0 Å². The summed E-state index contributed by atoms with van der Waals surface area (Å²) in [6, 6.07) is 15.1. The molecule has 3 rings (SSSR count). The molecule has 0 spiro atoms. The van der Waals surface area contributed by atoms with Gasteiger partial charge in [-0.25, -0.2) is 0 Å². The second kappa shape index (κ2) is 5.54. The summed E-state index contributed by atoms with van der Waals surface area (Å²) in [6.07, 6.45) is 3.30. The van der Waals surface area contributed by atoms with Crippen molar-refractivity contribution in [2.45, 2.75) is 25.8 Å². The average molecular weight is 252 g/mol. The number of likely N-dealkylation sites (tertiary alicyclic amines) is 1. The normalized spacial score (nSPS) is 19.7. The van der Waals surface area contributed by atoms with E-state index in [0.29, 0.717) is 5.92 Å². The van der Waals surface area contributed by atoms with Crippen LogP contribution in [-0.4, -0.2) is 23.0 Å². The molecule has 0 N–H and O–H groups in total. The summed E-state index contributed by atoms with van der Waals surface area (Å²) in [6.45, 7) is 5.45. The lowest BCUT2D eigenvalue weighted by molar-refractivity contribution is 0.327. The Kier molecular flexibility index (Phi) is 3.60. The van der Waals surface area contributed by atoms with Gasteiger partial charge in [0.1, 0.15) is 0 Å². The third-order valence-corrected chi connectivity index (χ3v) is 3.93. The summed E-state index contributed by atoms with van der Waals surface area (Å²) < 4.78 is 0. The third-order valence-electron chi connectivity index (χ3n) is 3.93. The van der Waals surface area contributed by atoms with Crippen molar-refractivity contribution < 1.29 is 0 Å². The van der Waals surface area contributed by atoms with Gasteiger partial charge in [-0.2, -0.15) is 0 Å². The SMILES string of the molecule is Cc1ccc([C@H]2CCN(Cc3ccccc3)C2)cn1. The molecule has 2 aromatic rings. The lowest BCUT2D eigenvalue weighted by Crippen LogP contribution is -2.19. The zero-order valence-electron chi connectivity index (χ0n) is 11.4. The van der Waals surface area contributed by atoms with Crippen molar-refractivity contribution in [2.24, 2.45) is 0 Å². The Morgan fingerprint density at radius 3 is 2.74 bits per heavy atom. The molecule has 1 atom stereocenters. The molecular weight excluding hydrogens is 232 g/mol. The molecular formula is C17H20N2. The number of hydrogen-bond acceptors (Lipinski definition) is 2. The molecule has 1 saturated heterocycles. The van der Waals surface area contributed by atoms with Crippen LogP contribution in [0.4, 0.5) is 0 Å². The van der Waals surface area contributed by atoms with E-state index in [2.05, 4.69) is 52.3 Å². The van der Waals surface area contributed by atoms with Gasteiger partial charge in [-0.15, -0.1) is 0 Å². The van der Waals surface area contributed by atoms with E-state index in [-0.39, 0.29) is 0 Å². The van der Waals surface area contributed by atoms with Gasteiger partial charge in [-0.1, -0.05) is 36.4 Å². The number of nitrogens with zero attached hydrogens (tertiary/aromatic N) is 2. The maximum atomic E-state index is 4.41. The predicted molar refractivity (Wildman–Crippen MR) is 78.1 cm³/mol. The minimum Gasteiger partial charge on any atom is -0.298 e. The fourth-order valence-corrected chi connectivity index (χ4v) is 2.81. The molecule has 0 aliphatic carbocycles. The van der Waals surface area contributed by atoms with Crippen LogP contribution < -0.4 is 0 Å². The molecule has 1 fully saturated rings. The van der Waals surface area contributed by atoms with Gasteiger partial charge in [-0.05, 0) is 43.0 Å². The van der Waals surface area contributed by atoms with Crippen molar-refractivity contribution in [3.63, 3.8) is 0 Å². The summed E-state index contributed by atoms with van der Waals surface area (Å²) in [7, 11) is 0. The molecule has 0 unspecified atom stereocenters. The molecule has 19 heavy (non-hydrogen) atoms. The van der Waals surface area contributed by atoms with Crippen LogP contribution in [0.1, 0.15) is 29.2 Å². The van der Waals surface area contributed by atoms with E-state index in [1.807, 2.05) is 13.1 Å². The highest BCUT2D eigenvalue weighted by molar-refractivity contribution is 5.20. The molecule has 1 aliphatic rings. The fourth-order valence-electron chi connectivity index (χ4n) is 2.81. The van der Waals surface area contributed by atoms with Crippen LogP contribution in [0, 0.1) is 6.92 Å². The van der Waals surface area contributed by atoms with Gasteiger partial charge < -0.3 is 0 Å². The molecule has 2 nitrogen and oxygen atoms in total. The second-order valence-electron chi connectivity index (χ2n) is 5.44. The number of pyridine rings is 1. The molecule has 1 aromatic heterocycles. The van der Waals surface area contributed by atoms with Gasteiger partial charge in [0.05, 0.1) is 0 Å². The highest BCUT2D eigenvalue weighted by Gasteiger charge is 2.23. The maximum Gasteiger partial charge on any atom is 0.0372 e. The first kappa shape index (κ1) is 12.4. The first-order chi connectivity index (χ1) is 9.31. The first-order valence-corrected chi connectivity index (χ1v) is 7.00. The van der Waals surface area contributed by atoms with Crippen molar-refractivity contribution in [1.82, 2.24) is 9.88 Å². The lowest BCUT2D eigenvalue weighted by Gasteiger charge is -2.16. The highest BCUT2D eigenvalue weighted by Crippen LogP contribution is 2.27. The van der Waals surface area contributed by atoms with E-state index in [9.17, 15) is 0 Å². The third kappa shape index (κ3) is 3.02. The zero-order valence-corrected chi connectivity index (χ0v) is 11.4. The van der Waals surface area contributed by atoms with Gasteiger partial charge in [0.15, 0.2) is 0 Å². The van der Waals surface area contributed by atoms with Crippen molar-refractivity contribution in [3.05, 3.63) is 65.5 Å². The molecule has 1 aliphatic heterocycles. The van der Waals surface area contributed by atoms with E-state index >= 15 is 0 Å². The van der Waals surface area contributed by atoms with Crippen molar-refractivity contribution >= 4 is 0 Å². The predicted octanol–water partition coefficient (Wildman–Crippen LogP) is 3.38. The largest absolute Gasteiger partial charge is 0.298 e. The lowest BCUT2D eigenvalue weighted by atomic mass is 10.0. The quantitative estimate of drug-likeness (QED) is 0.832. The van der Waals surface area contributed by atoms with Crippen LogP contribution in [0.15, 0.2) is 48.7 Å². The molecule has 0 amide bonds. The Morgan fingerprint density at radius 2 is 2.00 bits per heavy atom.